The Bertz CT molecular complexity index is 729. The van der Waals surface area contributed by atoms with Crippen LogP contribution >= 0.6 is 15.9 Å². The first-order valence-electron chi connectivity index (χ1n) is 7.96. The number of amides is 1. The number of rotatable bonds is 5. The number of nitrogens with zero attached hydrogens (tertiary/aromatic N) is 1. The molecule has 1 aliphatic rings. The van der Waals surface area contributed by atoms with Crippen LogP contribution in [-0.4, -0.2) is 19.1 Å². The van der Waals surface area contributed by atoms with Gasteiger partial charge in [0.15, 0.2) is 0 Å². The molecular formula is C19H20BrNO2. The highest BCUT2D eigenvalue weighted by molar-refractivity contribution is 9.10. The van der Waals surface area contributed by atoms with Gasteiger partial charge in [-0.3, -0.25) is 4.79 Å². The molecule has 23 heavy (non-hydrogen) atoms. The largest absolute Gasteiger partial charge is 0.494 e. The molecule has 1 aliphatic heterocycles. The topological polar surface area (TPSA) is 29.5 Å². The Hall–Kier alpha value is -1.81. The second kappa shape index (κ2) is 6.75. The zero-order valence-electron chi connectivity index (χ0n) is 13.4. The van der Waals surface area contributed by atoms with Crippen molar-refractivity contribution in [3.8, 4) is 5.75 Å². The number of ether oxygens (including phenoxy) is 1. The summed E-state index contributed by atoms with van der Waals surface area (Å²) in [6.07, 6.45) is 0.694. The van der Waals surface area contributed by atoms with Crippen LogP contribution in [0, 0.1) is 0 Å². The second-order valence-corrected chi connectivity index (χ2v) is 6.54. The van der Waals surface area contributed by atoms with E-state index in [9.17, 15) is 4.79 Å². The quantitative estimate of drug-likeness (QED) is 0.769. The number of carbonyl (C=O) groups excluding carboxylic acids is 1. The zero-order valence-corrected chi connectivity index (χ0v) is 15.0. The fourth-order valence-corrected chi connectivity index (χ4v) is 3.56. The van der Waals surface area contributed by atoms with Gasteiger partial charge in [0.05, 0.1) is 12.5 Å². The summed E-state index contributed by atoms with van der Waals surface area (Å²) in [6, 6.07) is 14.1. The lowest BCUT2D eigenvalue weighted by atomic mass is 9.93. The van der Waals surface area contributed by atoms with Gasteiger partial charge in [0.25, 0.3) is 0 Å². The summed E-state index contributed by atoms with van der Waals surface area (Å²) in [5.41, 5.74) is 3.26. The van der Waals surface area contributed by atoms with Crippen LogP contribution in [0.25, 0.3) is 0 Å². The Balaban J connectivity index is 1.92. The van der Waals surface area contributed by atoms with Gasteiger partial charge in [0.1, 0.15) is 5.75 Å². The van der Waals surface area contributed by atoms with Crippen molar-refractivity contribution in [1.82, 2.24) is 0 Å². The van der Waals surface area contributed by atoms with Crippen LogP contribution in [0.2, 0.25) is 0 Å². The van der Waals surface area contributed by atoms with E-state index in [1.807, 2.05) is 49.1 Å². The molecular weight excluding hydrogens is 354 g/mol. The van der Waals surface area contributed by atoms with Crippen LogP contribution in [0.1, 0.15) is 30.9 Å². The lowest BCUT2D eigenvalue weighted by Gasteiger charge is -2.15. The molecule has 120 valence electrons. The first-order valence-corrected chi connectivity index (χ1v) is 8.76. The molecule has 3 nitrogen and oxygen atoms in total. The lowest BCUT2D eigenvalue weighted by Crippen LogP contribution is -2.29. The number of halogens is 1. The third-order valence-electron chi connectivity index (χ3n) is 4.19. The molecule has 0 radical (unpaired) electrons. The van der Waals surface area contributed by atoms with Crippen molar-refractivity contribution < 1.29 is 9.53 Å². The number of likely N-dealkylation sites (N-methyl/N-ethyl adjacent to an activating group) is 1. The van der Waals surface area contributed by atoms with E-state index in [-0.39, 0.29) is 11.8 Å². The minimum atomic E-state index is -0.126. The second-order valence-electron chi connectivity index (χ2n) is 5.62. The molecule has 0 spiro atoms. The average Bonchev–Trinajstić information content (AvgIpc) is 2.79. The van der Waals surface area contributed by atoms with E-state index >= 15 is 0 Å². The van der Waals surface area contributed by atoms with Gasteiger partial charge < -0.3 is 9.64 Å². The predicted molar refractivity (Wildman–Crippen MR) is 96.2 cm³/mol. The fourth-order valence-electron chi connectivity index (χ4n) is 3.18. The zero-order chi connectivity index (χ0) is 16.4. The van der Waals surface area contributed by atoms with Crippen molar-refractivity contribution in [2.45, 2.75) is 26.2 Å². The fraction of sp³-hybridized carbons (Fsp3) is 0.316. The third kappa shape index (κ3) is 3.13. The molecule has 0 bridgehead atoms. The molecule has 0 aromatic heterocycles. The van der Waals surface area contributed by atoms with E-state index in [1.54, 1.807) is 0 Å². The van der Waals surface area contributed by atoms with E-state index in [0.717, 1.165) is 27.0 Å². The van der Waals surface area contributed by atoms with Crippen LogP contribution < -0.4 is 9.64 Å². The van der Waals surface area contributed by atoms with Crippen LogP contribution in [0.3, 0.4) is 0 Å². The summed E-state index contributed by atoms with van der Waals surface area (Å²) >= 11 is 3.52. The van der Waals surface area contributed by atoms with Gasteiger partial charge in [-0.25, -0.2) is 0 Å². The summed E-state index contributed by atoms with van der Waals surface area (Å²) in [4.78, 5) is 14.7. The van der Waals surface area contributed by atoms with Crippen molar-refractivity contribution in [1.29, 1.82) is 0 Å². The highest BCUT2D eigenvalue weighted by atomic mass is 79.9. The smallest absolute Gasteiger partial charge is 0.234 e. The highest BCUT2D eigenvalue weighted by Crippen LogP contribution is 2.40. The molecule has 4 heteroatoms. The van der Waals surface area contributed by atoms with Crippen LogP contribution in [0.4, 0.5) is 5.69 Å². The minimum absolute atomic E-state index is 0.126. The number of anilines is 1. The van der Waals surface area contributed by atoms with E-state index < -0.39 is 0 Å². The number of hydrogen-bond donors (Lipinski definition) is 0. The lowest BCUT2D eigenvalue weighted by molar-refractivity contribution is -0.119. The molecule has 0 saturated carbocycles. The van der Waals surface area contributed by atoms with Gasteiger partial charge in [-0.1, -0.05) is 28.1 Å². The molecule has 1 heterocycles. The van der Waals surface area contributed by atoms with E-state index in [4.69, 9.17) is 4.74 Å². The number of carbonyl (C=O) groups is 1. The Morgan fingerprint density at radius 3 is 2.74 bits per heavy atom. The van der Waals surface area contributed by atoms with Crippen molar-refractivity contribution in [3.05, 3.63) is 58.1 Å². The summed E-state index contributed by atoms with van der Waals surface area (Å²) < 4.78 is 6.58. The van der Waals surface area contributed by atoms with Crippen LogP contribution in [0.15, 0.2) is 46.9 Å². The van der Waals surface area contributed by atoms with Crippen molar-refractivity contribution in [2.24, 2.45) is 0 Å². The summed E-state index contributed by atoms with van der Waals surface area (Å²) in [7, 11) is 0. The van der Waals surface area contributed by atoms with Crippen LogP contribution in [-0.2, 0) is 11.2 Å². The SMILES string of the molecule is CCOc1cccc(C[C@H]2C(=O)N(CC)c3ccc(Br)cc32)c1. The van der Waals surface area contributed by atoms with Gasteiger partial charge in [-0.15, -0.1) is 0 Å². The molecule has 1 atom stereocenters. The molecule has 1 amide bonds. The number of benzene rings is 2. The first kappa shape index (κ1) is 16.1. The molecule has 2 aromatic carbocycles. The van der Waals surface area contributed by atoms with Crippen molar-refractivity contribution >= 4 is 27.5 Å². The Labute approximate surface area is 145 Å². The third-order valence-corrected chi connectivity index (χ3v) is 4.68. The molecule has 0 unspecified atom stereocenters. The molecule has 2 aromatic rings. The van der Waals surface area contributed by atoms with E-state index in [1.165, 1.54) is 0 Å². The van der Waals surface area contributed by atoms with Gasteiger partial charge >= 0.3 is 0 Å². The van der Waals surface area contributed by atoms with E-state index in [2.05, 4.69) is 28.1 Å². The first-order chi connectivity index (χ1) is 11.1. The van der Waals surface area contributed by atoms with E-state index in [0.29, 0.717) is 19.6 Å². The average molecular weight is 374 g/mol. The summed E-state index contributed by atoms with van der Waals surface area (Å²) in [5.74, 6) is 0.916. The maximum atomic E-state index is 12.8. The van der Waals surface area contributed by atoms with Gasteiger partial charge in [0.2, 0.25) is 5.91 Å². The maximum Gasteiger partial charge on any atom is 0.234 e. The molecule has 3 rings (SSSR count). The van der Waals surface area contributed by atoms with Crippen molar-refractivity contribution in [2.75, 3.05) is 18.1 Å². The Morgan fingerprint density at radius 2 is 2.00 bits per heavy atom. The van der Waals surface area contributed by atoms with Gasteiger partial charge in [0, 0.05) is 16.7 Å². The standard InChI is InChI=1S/C19H20BrNO2/c1-3-21-18-9-8-14(20)12-16(18)17(19(21)22)11-13-6-5-7-15(10-13)23-4-2/h5-10,12,17H,3-4,11H2,1-2H3/t17-/m1/s1. The molecule has 0 saturated heterocycles. The molecule has 0 fully saturated rings. The monoisotopic (exact) mass is 373 g/mol. The molecule has 0 N–H and O–H groups in total. The van der Waals surface area contributed by atoms with Gasteiger partial charge in [-0.05, 0) is 61.7 Å². The van der Waals surface area contributed by atoms with Crippen molar-refractivity contribution in [3.63, 3.8) is 0 Å². The number of hydrogen-bond acceptors (Lipinski definition) is 2. The summed E-state index contributed by atoms with van der Waals surface area (Å²) in [5, 5.41) is 0. The highest BCUT2D eigenvalue weighted by Gasteiger charge is 2.36. The minimum Gasteiger partial charge on any atom is -0.494 e. The maximum absolute atomic E-state index is 12.8. The Morgan fingerprint density at radius 1 is 1.17 bits per heavy atom. The van der Waals surface area contributed by atoms with Gasteiger partial charge in [-0.2, -0.15) is 0 Å². The summed E-state index contributed by atoms with van der Waals surface area (Å²) in [6.45, 7) is 5.33. The normalized spacial score (nSPS) is 16.6. The van der Waals surface area contributed by atoms with Crippen LogP contribution in [0.5, 0.6) is 5.75 Å². The predicted octanol–water partition coefficient (Wildman–Crippen LogP) is 4.54. The number of fused-ring (bicyclic) bond motifs is 1. The molecule has 0 aliphatic carbocycles. The Kier molecular flexibility index (Phi) is 4.71.